The molecule has 0 radical (unpaired) electrons. The molecule has 78 valence electrons. The highest BCUT2D eigenvalue weighted by Crippen LogP contribution is 2.18. The third kappa shape index (κ3) is 1.68. The number of ether oxygens (including phenoxy) is 2. The molecular formula is C7H8N6O2. The highest BCUT2D eigenvalue weighted by molar-refractivity contribution is 5.34. The topological polar surface area (TPSA) is 87.8 Å². The van der Waals surface area contributed by atoms with E-state index in [1.807, 2.05) is 0 Å². The van der Waals surface area contributed by atoms with Crippen molar-refractivity contribution in [2.45, 2.75) is 0 Å². The average molecular weight is 208 g/mol. The maximum atomic E-state index is 5.04. The van der Waals surface area contributed by atoms with Crippen molar-refractivity contribution in [1.82, 2.24) is 30.2 Å². The van der Waals surface area contributed by atoms with Gasteiger partial charge in [0.15, 0.2) is 0 Å². The molecule has 0 spiro atoms. The van der Waals surface area contributed by atoms with Gasteiger partial charge in [0.2, 0.25) is 11.7 Å². The molecule has 0 aliphatic carbocycles. The fourth-order valence-electron chi connectivity index (χ4n) is 1.00. The van der Waals surface area contributed by atoms with Gasteiger partial charge in [0.1, 0.15) is 6.33 Å². The van der Waals surface area contributed by atoms with Crippen molar-refractivity contribution in [1.29, 1.82) is 0 Å². The van der Waals surface area contributed by atoms with Gasteiger partial charge in [-0.15, -0.1) is 5.10 Å². The van der Waals surface area contributed by atoms with E-state index in [2.05, 4.69) is 25.5 Å². The van der Waals surface area contributed by atoms with Gasteiger partial charge in [-0.3, -0.25) is 0 Å². The van der Waals surface area contributed by atoms with Crippen molar-refractivity contribution in [3.63, 3.8) is 0 Å². The van der Waals surface area contributed by atoms with Gasteiger partial charge in [0.05, 0.1) is 20.4 Å². The standard InChI is InChI=1S/C7H8N6O2/c1-14-5-3-8-6(7(10-5)15-2)13-4-9-11-12-13/h3-4H,1-2H3. The zero-order valence-electron chi connectivity index (χ0n) is 8.15. The smallest absolute Gasteiger partial charge is 0.263 e. The summed E-state index contributed by atoms with van der Waals surface area (Å²) in [6.07, 6.45) is 2.86. The van der Waals surface area contributed by atoms with Crippen LogP contribution in [0.2, 0.25) is 0 Å². The molecule has 0 bridgehead atoms. The number of nitrogens with zero attached hydrogens (tertiary/aromatic N) is 6. The molecule has 0 aromatic carbocycles. The van der Waals surface area contributed by atoms with Crippen LogP contribution >= 0.6 is 0 Å². The first-order valence-electron chi connectivity index (χ1n) is 4.03. The summed E-state index contributed by atoms with van der Waals surface area (Å²) < 4.78 is 11.3. The van der Waals surface area contributed by atoms with Crippen LogP contribution in [0.15, 0.2) is 12.5 Å². The van der Waals surface area contributed by atoms with Gasteiger partial charge in [-0.25, -0.2) is 4.98 Å². The lowest BCUT2D eigenvalue weighted by molar-refractivity contribution is 0.358. The zero-order chi connectivity index (χ0) is 10.7. The third-order valence-corrected chi connectivity index (χ3v) is 1.67. The van der Waals surface area contributed by atoms with Crippen LogP contribution in [0.25, 0.3) is 5.82 Å². The predicted octanol–water partition coefficient (Wildman–Crippen LogP) is -0.531. The zero-order valence-corrected chi connectivity index (χ0v) is 8.15. The number of methoxy groups -OCH3 is 2. The Kier molecular flexibility index (Phi) is 2.40. The van der Waals surface area contributed by atoms with E-state index in [0.717, 1.165) is 0 Å². The van der Waals surface area contributed by atoms with Gasteiger partial charge in [-0.05, 0) is 10.4 Å². The molecule has 0 aliphatic heterocycles. The maximum absolute atomic E-state index is 5.04. The summed E-state index contributed by atoms with van der Waals surface area (Å²) >= 11 is 0. The highest BCUT2D eigenvalue weighted by atomic mass is 16.5. The quantitative estimate of drug-likeness (QED) is 0.669. The molecule has 0 N–H and O–H groups in total. The SMILES string of the molecule is COc1cnc(-n2cnnn2)c(OC)n1. The summed E-state index contributed by atoms with van der Waals surface area (Å²) in [5.41, 5.74) is 0. The summed E-state index contributed by atoms with van der Waals surface area (Å²) in [4.78, 5) is 8.11. The Bertz CT molecular complexity index is 443. The lowest BCUT2D eigenvalue weighted by atomic mass is 10.6. The first-order chi connectivity index (χ1) is 7.35. The van der Waals surface area contributed by atoms with Crippen molar-refractivity contribution in [3.8, 4) is 17.6 Å². The number of aromatic nitrogens is 6. The van der Waals surface area contributed by atoms with Crippen molar-refractivity contribution in [3.05, 3.63) is 12.5 Å². The minimum Gasteiger partial charge on any atom is -0.480 e. The largest absolute Gasteiger partial charge is 0.480 e. The van der Waals surface area contributed by atoms with Crippen molar-refractivity contribution in [2.24, 2.45) is 0 Å². The summed E-state index contributed by atoms with van der Waals surface area (Å²) in [7, 11) is 2.98. The van der Waals surface area contributed by atoms with E-state index in [0.29, 0.717) is 17.6 Å². The first kappa shape index (κ1) is 9.31. The Balaban J connectivity index is 2.48. The molecule has 8 nitrogen and oxygen atoms in total. The van der Waals surface area contributed by atoms with E-state index in [4.69, 9.17) is 9.47 Å². The number of hydrogen-bond acceptors (Lipinski definition) is 7. The molecule has 0 fully saturated rings. The van der Waals surface area contributed by atoms with Crippen LogP contribution in [0.4, 0.5) is 0 Å². The number of tetrazole rings is 1. The molecule has 0 saturated carbocycles. The normalized spacial score (nSPS) is 10.0. The van der Waals surface area contributed by atoms with Gasteiger partial charge in [0.25, 0.3) is 5.88 Å². The summed E-state index contributed by atoms with van der Waals surface area (Å²) in [6.45, 7) is 0. The molecule has 2 aromatic heterocycles. The van der Waals surface area contributed by atoms with Crippen molar-refractivity contribution >= 4 is 0 Å². The van der Waals surface area contributed by atoms with Gasteiger partial charge < -0.3 is 9.47 Å². The summed E-state index contributed by atoms with van der Waals surface area (Å²) in [6, 6.07) is 0. The molecule has 15 heavy (non-hydrogen) atoms. The maximum Gasteiger partial charge on any atom is 0.263 e. The van der Waals surface area contributed by atoms with Gasteiger partial charge in [0, 0.05) is 0 Å². The molecule has 0 amide bonds. The van der Waals surface area contributed by atoms with E-state index in [9.17, 15) is 0 Å². The van der Waals surface area contributed by atoms with E-state index in [1.54, 1.807) is 0 Å². The van der Waals surface area contributed by atoms with Crippen LogP contribution < -0.4 is 9.47 Å². The molecule has 0 saturated heterocycles. The molecule has 2 heterocycles. The van der Waals surface area contributed by atoms with E-state index in [-0.39, 0.29) is 0 Å². The minimum absolute atomic E-state index is 0.293. The van der Waals surface area contributed by atoms with E-state index < -0.39 is 0 Å². The fraction of sp³-hybridized carbons (Fsp3) is 0.286. The van der Waals surface area contributed by atoms with Crippen molar-refractivity contribution in [2.75, 3.05) is 14.2 Å². The molecule has 0 unspecified atom stereocenters. The summed E-state index contributed by atoms with van der Waals surface area (Å²) in [5.74, 6) is 1.06. The second kappa shape index (κ2) is 3.86. The third-order valence-electron chi connectivity index (χ3n) is 1.67. The van der Waals surface area contributed by atoms with Crippen LogP contribution in [0, 0.1) is 0 Å². The molecule has 8 heteroatoms. The Morgan fingerprint density at radius 2 is 2.13 bits per heavy atom. The van der Waals surface area contributed by atoms with Crippen LogP contribution in [-0.4, -0.2) is 44.4 Å². The lowest BCUT2D eigenvalue weighted by Crippen LogP contribution is -2.04. The highest BCUT2D eigenvalue weighted by Gasteiger charge is 2.11. The van der Waals surface area contributed by atoms with Crippen LogP contribution in [0.1, 0.15) is 0 Å². The summed E-state index contributed by atoms with van der Waals surface area (Å²) in [5, 5.41) is 10.7. The predicted molar refractivity (Wildman–Crippen MR) is 47.8 cm³/mol. The Morgan fingerprint density at radius 3 is 2.73 bits per heavy atom. The fourth-order valence-corrected chi connectivity index (χ4v) is 1.00. The molecule has 0 aliphatic rings. The second-order valence-corrected chi connectivity index (χ2v) is 2.50. The minimum atomic E-state index is 0.293. The van der Waals surface area contributed by atoms with Crippen molar-refractivity contribution < 1.29 is 9.47 Å². The number of hydrogen-bond donors (Lipinski definition) is 0. The molecule has 2 rings (SSSR count). The average Bonchev–Trinajstić information content (AvgIpc) is 2.81. The van der Waals surface area contributed by atoms with E-state index >= 15 is 0 Å². The molecular weight excluding hydrogens is 200 g/mol. The van der Waals surface area contributed by atoms with Crippen LogP contribution in [-0.2, 0) is 0 Å². The number of rotatable bonds is 3. The Labute approximate surface area is 84.9 Å². The van der Waals surface area contributed by atoms with Crippen LogP contribution in [0.3, 0.4) is 0 Å². The van der Waals surface area contributed by atoms with Gasteiger partial charge in [-0.2, -0.15) is 9.67 Å². The monoisotopic (exact) mass is 208 g/mol. The molecule has 0 atom stereocenters. The Morgan fingerprint density at radius 1 is 1.27 bits per heavy atom. The Hall–Kier alpha value is -2.25. The molecule has 2 aromatic rings. The van der Waals surface area contributed by atoms with E-state index in [1.165, 1.54) is 31.4 Å². The lowest BCUT2D eigenvalue weighted by Gasteiger charge is -2.06. The van der Waals surface area contributed by atoms with Gasteiger partial charge >= 0.3 is 0 Å². The van der Waals surface area contributed by atoms with Crippen LogP contribution in [0.5, 0.6) is 11.8 Å². The van der Waals surface area contributed by atoms with Gasteiger partial charge in [-0.1, -0.05) is 0 Å². The first-order valence-corrected chi connectivity index (χ1v) is 4.03. The second-order valence-electron chi connectivity index (χ2n) is 2.50.